The highest BCUT2D eigenvalue weighted by atomic mass is 35.5. The van der Waals surface area contributed by atoms with E-state index in [1.807, 2.05) is 4.68 Å². The average molecular weight is 414 g/mol. The van der Waals surface area contributed by atoms with Crippen LogP contribution < -0.4 is 10.9 Å². The Hall–Kier alpha value is -2.97. The second-order valence-corrected chi connectivity index (χ2v) is 7.46. The summed E-state index contributed by atoms with van der Waals surface area (Å²) in [6.45, 7) is 2.22. The van der Waals surface area contributed by atoms with Crippen molar-refractivity contribution >= 4 is 17.5 Å². The molecule has 2 aromatic heterocycles. The van der Waals surface area contributed by atoms with E-state index >= 15 is 0 Å². The summed E-state index contributed by atoms with van der Waals surface area (Å²) in [6.07, 6.45) is 3.34. The highest BCUT2D eigenvalue weighted by molar-refractivity contribution is 6.30. The van der Waals surface area contributed by atoms with E-state index in [4.69, 9.17) is 11.6 Å². The van der Waals surface area contributed by atoms with Gasteiger partial charge in [0.25, 0.3) is 11.5 Å². The molecule has 29 heavy (non-hydrogen) atoms. The highest BCUT2D eigenvalue weighted by Crippen LogP contribution is 2.23. The Morgan fingerprint density at radius 1 is 1.34 bits per heavy atom. The summed E-state index contributed by atoms with van der Waals surface area (Å²) in [4.78, 5) is 25.9. The van der Waals surface area contributed by atoms with Gasteiger partial charge < -0.3 is 10.4 Å². The lowest BCUT2D eigenvalue weighted by atomic mass is 10.1. The summed E-state index contributed by atoms with van der Waals surface area (Å²) in [6, 6.07) is 7.98. The van der Waals surface area contributed by atoms with Crippen molar-refractivity contribution in [1.82, 2.24) is 24.9 Å². The third-order valence-corrected chi connectivity index (χ3v) is 5.14. The molecule has 1 aliphatic heterocycles. The summed E-state index contributed by atoms with van der Waals surface area (Å²) < 4.78 is 3.10. The van der Waals surface area contributed by atoms with Crippen LogP contribution in [0.1, 0.15) is 29.4 Å². The largest absolute Gasteiger partial charge is 0.394 e. The van der Waals surface area contributed by atoms with Gasteiger partial charge >= 0.3 is 0 Å². The van der Waals surface area contributed by atoms with Gasteiger partial charge in [0.2, 0.25) is 0 Å². The van der Waals surface area contributed by atoms with Crippen molar-refractivity contribution in [3.8, 4) is 16.9 Å². The van der Waals surface area contributed by atoms with Crippen LogP contribution in [0, 0.1) is 0 Å². The first-order chi connectivity index (χ1) is 14.0. The number of carbonyl (C=O) groups is 1. The molecule has 1 aromatic carbocycles. The van der Waals surface area contributed by atoms with Gasteiger partial charge in [-0.15, -0.1) is 0 Å². The Bertz CT molecular complexity index is 1120. The van der Waals surface area contributed by atoms with Crippen LogP contribution in [0.4, 0.5) is 0 Å². The van der Waals surface area contributed by atoms with E-state index in [2.05, 4.69) is 15.5 Å². The zero-order valence-electron chi connectivity index (χ0n) is 15.8. The molecule has 0 radical (unpaired) electrons. The first kappa shape index (κ1) is 19.4. The molecular weight excluding hydrogens is 394 g/mol. The van der Waals surface area contributed by atoms with Crippen molar-refractivity contribution in [2.45, 2.75) is 32.4 Å². The molecule has 3 aromatic rings. The number of hydrogen-bond donors (Lipinski definition) is 2. The summed E-state index contributed by atoms with van der Waals surface area (Å²) in [5.74, 6) is -0.563. The van der Waals surface area contributed by atoms with Crippen LogP contribution in [0.3, 0.4) is 0 Å². The second kappa shape index (κ2) is 7.81. The fourth-order valence-electron chi connectivity index (χ4n) is 3.35. The average Bonchev–Trinajstić information content (AvgIpc) is 3.33. The molecular formula is C20H20ClN5O3. The molecule has 0 fully saturated rings. The number of benzene rings is 1. The molecule has 0 spiro atoms. The third-order valence-electron chi connectivity index (χ3n) is 4.89. The van der Waals surface area contributed by atoms with Gasteiger partial charge in [0.1, 0.15) is 11.3 Å². The molecule has 1 aliphatic rings. The quantitative estimate of drug-likeness (QED) is 0.664. The van der Waals surface area contributed by atoms with Gasteiger partial charge in [0, 0.05) is 23.2 Å². The SMILES string of the molecule is CC(CO)NC(=O)c1cc(-c2ccc(Cl)cc2)nn(-c2cnn3c2CCC3)c1=O. The van der Waals surface area contributed by atoms with Crippen molar-refractivity contribution < 1.29 is 9.90 Å². The van der Waals surface area contributed by atoms with Crippen LogP contribution in [0.15, 0.2) is 41.3 Å². The van der Waals surface area contributed by atoms with Crippen LogP contribution >= 0.6 is 11.6 Å². The van der Waals surface area contributed by atoms with Crippen molar-refractivity contribution in [2.24, 2.45) is 0 Å². The minimum atomic E-state index is -0.563. The fraction of sp³-hybridized carbons (Fsp3) is 0.300. The first-order valence-corrected chi connectivity index (χ1v) is 9.73. The molecule has 1 amide bonds. The van der Waals surface area contributed by atoms with E-state index in [1.165, 1.54) is 10.7 Å². The van der Waals surface area contributed by atoms with E-state index in [1.54, 1.807) is 37.4 Å². The minimum absolute atomic E-state index is 0.0526. The molecule has 2 N–H and O–H groups in total. The Morgan fingerprint density at radius 2 is 2.10 bits per heavy atom. The zero-order chi connectivity index (χ0) is 20.5. The topological polar surface area (TPSA) is 102 Å². The predicted molar refractivity (Wildman–Crippen MR) is 108 cm³/mol. The molecule has 0 saturated carbocycles. The zero-order valence-corrected chi connectivity index (χ0v) is 16.6. The maximum absolute atomic E-state index is 13.1. The second-order valence-electron chi connectivity index (χ2n) is 7.03. The standard InChI is InChI=1S/C20H20ClN5O3/c1-12(11-27)23-19(28)15-9-16(13-4-6-14(21)7-5-13)24-26(20(15)29)18-10-22-25-8-2-3-17(18)25/h4-7,9-10,12,27H,2-3,8,11H2,1H3,(H,23,28). The van der Waals surface area contributed by atoms with Crippen molar-refractivity contribution in [2.75, 3.05) is 6.61 Å². The Morgan fingerprint density at radius 3 is 2.83 bits per heavy atom. The van der Waals surface area contributed by atoms with E-state index in [9.17, 15) is 14.7 Å². The first-order valence-electron chi connectivity index (χ1n) is 9.35. The van der Waals surface area contributed by atoms with Gasteiger partial charge in [0.15, 0.2) is 0 Å². The van der Waals surface area contributed by atoms with Crippen LogP contribution in [-0.4, -0.2) is 43.2 Å². The molecule has 150 valence electrons. The predicted octanol–water partition coefficient (Wildman–Crippen LogP) is 1.81. The summed E-state index contributed by atoms with van der Waals surface area (Å²) in [5, 5.41) is 21.3. The summed E-state index contributed by atoms with van der Waals surface area (Å²) in [7, 11) is 0. The number of aromatic nitrogens is 4. The monoisotopic (exact) mass is 413 g/mol. The Kier molecular flexibility index (Phi) is 5.21. The molecule has 1 atom stereocenters. The third kappa shape index (κ3) is 3.68. The van der Waals surface area contributed by atoms with E-state index < -0.39 is 17.5 Å². The van der Waals surface area contributed by atoms with Gasteiger partial charge in [-0.25, -0.2) is 0 Å². The number of aliphatic hydroxyl groups is 1. The van der Waals surface area contributed by atoms with Crippen molar-refractivity contribution in [3.05, 3.63) is 63.2 Å². The van der Waals surface area contributed by atoms with Gasteiger partial charge in [-0.05, 0) is 38.0 Å². The normalized spacial score (nSPS) is 13.9. The van der Waals surface area contributed by atoms with E-state index in [-0.39, 0.29) is 12.2 Å². The van der Waals surface area contributed by atoms with Crippen LogP contribution in [0.5, 0.6) is 0 Å². The highest BCUT2D eigenvalue weighted by Gasteiger charge is 2.23. The smallest absolute Gasteiger partial charge is 0.284 e. The maximum Gasteiger partial charge on any atom is 0.284 e. The number of rotatable bonds is 5. The number of halogens is 1. The molecule has 0 bridgehead atoms. The fourth-order valence-corrected chi connectivity index (χ4v) is 3.48. The van der Waals surface area contributed by atoms with Crippen LogP contribution in [-0.2, 0) is 13.0 Å². The maximum atomic E-state index is 13.1. The number of fused-ring (bicyclic) bond motifs is 1. The lowest BCUT2D eigenvalue weighted by molar-refractivity contribution is 0.0920. The number of carbonyl (C=O) groups excluding carboxylic acids is 1. The van der Waals surface area contributed by atoms with Crippen LogP contribution in [0.2, 0.25) is 5.02 Å². The summed E-state index contributed by atoms with van der Waals surface area (Å²) in [5.41, 5.74) is 2.09. The number of hydrogen-bond acceptors (Lipinski definition) is 5. The lowest BCUT2D eigenvalue weighted by Crippen LogP contribution is -2.39. The molecule has 3 heterocycles. The van der Waals surface area contributed by atoms with E-state index in [0.717, 1.165) is 30.6 Å². The number of aryl methyl sites for hydroxylation is 1. The molecule has 0 aliphatic carbocycles. The van der Waals surface area contributed by atoms with Gasteiger partial charge in [0.05, 0.1) is 24.2 Å². The van der Waals surface area contributed by atoms with Crippen molar-refractivity contribution in [1.29, 1.82) is 0 Å². The Labute approximate surface area is 171 Å². The van der Waals surface area contributed by atoms with Gasteiger partial charge in [-0.1, -0.05) is 23.7 Å². The van der Waals surface area contributed by atoms with E-state index in [0.29, 0.717) is 16.4 Å². The van der Waals surface area contributed by atoms with Crippen LogP contribution in [0.25, 0.3) is 16.9 Å². The summed E-state index contributed by atoms with van der Waals surface area (Å²) >= 11 is 5.98. The minimum Gasteiger partial charge on any atom is -0.394 e. The number of amides is 1. The molecule has 4 rings (SSSR count). The molecule has 0 saturated heterocycles. The molecule has 8 nitrogen and oxygen atoms in total. The number of nitrogens with one attached hydrogen (secondary N) is 1. The molecule has 1 unspecified atom stereocenters. The lowest BCUT2D eigenvalue weighted by Gasteiger charge is -2.13. The number of aliphatic hydroxyl groups excluding tert-OH is 1. The number of nitrogens with zero attached hydrogens (tertiary/aromatic N) is 4. The van der Waals surface area contributed by atoms with Gasteiger partial charge in [-0.3, -0.25) is 14.3 Å². The Balaban J connectivity index is 1.88. The van der Waals surface area contributed by atoms with Gasteiger partial charge in [-0.2, -0.15) is 14.9 Å². The van der Waals surface area contributed by atoms with Crippen molar-refractivity contribution in [3.63, 3.8) is 0 Å². The molecule has 9 heteroatoms.